The summed E-state index contributed by atoms with van der Waals surface area (Å²) in [4.78, 5) is 6.78. The molecule has 1 saturated heterocycles. The predicted molar refractivity (Wildman–Crippen MR) is 59.4 cm³/mol. The highest BCUT2D eigenvalue weighted by atomic mass is 15.2. The first kappa shape index (κ1) is 9.46. The molecule has 0 aromatic rings. The number of rotatable bonds is 1. The molecule has 14 heavy (non-hydrogen) atoms. The van der Waals surface area contributed by atoms with Gasteiger partial charge in [-0.05, 0) is 13.3 Å². The van der Waals surface area contributed by atoms with Crippen LogP contribution in [0.15, 0.2) is 28.5 Å². The lowest BCUT2D eigenvalue weighted by Gasteiger charge is -2.29. The number of hydrogen-bond donors (Lipinski definition) is 1. The molecule has 0 saturated carbocycles. The van der Waals surface area contributed by atoms with E-state index in [-0.39, 0.29) is 0 Å². The SMILES string of the molecule is CC1=CCC=C(N2CCNCC2)C=N1. The van der Waals surface area contributed by atoms with Crippen molar-refractivity contribution in [2.24, 2.45) is 4.99 Å². The average molecular weight is 191 g/mol. The number of nitrogens with zero attached hydrogens (tertiary/aromatic N) is 2. The fourth-order valence-electron chi connectivity index (χ4n) is 1.76. The first-order valence-corrected chi connectivity index (χ1v) is 5.23. The summed E-state index contributed by atoms with van der Waals surface area (Å²) in [5, 5.41) is 3.35. The van der Waals surface area contributed by atoms with Crippen molar-refractivity contribution in [3.63, 3.8) is 0 Å². The summed E-state index contributed by atoms with van der Waals surface area (Å²) >= 11 is 0. The second-order valence-electron chi connectivity index (χ2n) is 3.71. The molecule has 0 aromatic carbocycles. The molecule has 1 fully saturated rings. The van der Waals surface area contributed by atoms with Crippen molar-refractivity contribution < 1.29 is 0 Å². The van der Waals surface area contributed by atoms with Crippen molar-refractivity contribution >= 4 is 6.21 Å². The number of aliphatic imine (C=N–C) groups is 1. The lowest BCUT2D eigenvalue weighted by Crippen LogP contribution is -2.43. The Labute approximate surface area is 85.2 Å². The van der Waals surface area contributed by atoms with Crippen LogP contribution < -0.4 is 5.32 Å². The maximum Gasteiger partial charge on any atom is 0.0515 e. The molecule has 2 aliphatic rings. The molecule has 0 aliphatic carbocycles. The molecule has 3 heteroatoms. The second kappa shape index (κ2) is 4.42. The summed E-state index contributed by atoms with van der Waals surface area (Å²) in [6.45, 7) is 6.40. The zero-order valence-electron chi connectivity index (χ0n) is 8.66. The molecule has 0 atom stereocenters. The monoisotopic (exact) mass is 191 g/mol. The van der Waals surface area contributed by atoms with Crippen molar-refractivity contribution in [2.75, 3.05) is 26.2 Å². The van der Waals surface area contributed by atoms with Gasteiger partial charge in [0.25, 0.3) is 0 Å². The van der Waals surface area contributed by atoms with E-state index in [4.69, 9.17) is 0 Å². The Hall–Kier alpha value is -1.09. The lowest BCUT2D eigenvalue weighted by molar-refractivity contribution is 0.312. The van der Waals surface area contributed by atoms with Crippen LogP contribution in [0.3, 0.4) is 0 Å². The molecule has 0 radical (unpaired) electrons. The largest absolute Gasteiger partial charge is 0.368 e. The van der Waals surface area contributed by atoms with Crippen LogP contribution in [0.5, 0.6) is 0 Å². The number of hydrogen-bond acceptors (Lipinski definition) is 3. The van der Waals surface area contributed by atoms with Crippen LogP contribution in [0.1, 0.15) is 13.3 Å². The topological polar surface area (TPSA) is 27.6 Å². The van der Waals surface area contributed by atoms with E-state index in [1.807, 2.05) is 13.1 Å². The van der Waals surface area contributed by atoms with E-state index >= 15 is 0 Å². The van der Waals surface area contributed by atoms with E-state index in [0.717, 1.165) is 38.3 Å². The Morgan fingerprint density at radius 2 is 2.07 bits per heavy atom. The van der Waals surface area contributed by atoms with Gasteiger partial charge in [-0.1, -0.05) is 12.2 Å². The van der Waals surface area contributed by atoms with Gasteiger partial charge in [-0.3, -0.25) is 4.99 Å². The van der Waals surface area contributed by atoms with Gasteiger partial charge in [-0.2, -0.15) is 0 Å². The van der Waals surface area contributed by atoms with Gasteiger partial charge in [0.2, 0.25) is 0 Å². The van der Waals surface area contributed by atoms with Crippen molar-refractivity contribution in [1.29, 1.82) is 0 Å². The highest BCUT2D eigenvalue weighted by molar-refractivity contribution is 5.79. The number of nitrogens with one attached hydrogen (secondary N) is 1. The summed E-state index contributed by atoms with van der Waals surface area (Å²) in [7, 11) is 0. The maximum atomic E-state index is 4.39. The Morgan fingerprint density at radius 1 is 1.29 bits per heavy atom. The Bertz CT molecular complexity index is 283. The van der Waals surface area contributed by atoms with Gasteiger partial charge in [0, 0.05) is 31.9 Å². The molecule has 76 valence electrons. The van der Waals surface area contributed by atoms with E-state index < -0.39 is 0 Å². The first-order chi connectivity index (χ1) is 6.86. The van der Waals surface area contributed by atoms with Gasteiger partial charge >= 0.3 is 0 Å². The summed E-state index contributed by atoms with van der Waals surface area (Å²) in [5.74, 6) is 0. The summed E-state index contributed by atoms with van der Waals surface area (Å²) in [6, 6.07) is 0. The van der Waals surface area contributed by atoms with Gasteiger partial charge in [0.1, 0.15) is 0 Å². The Balaban J connectivity index is 2.03. The van der Waals surface area contributed by atoms with E-state index in [0.29, 0.717) is 0 Å². The third-order valence-electron chi connectivity index (χ3n) is 2.62. The third-order valence-corrected chi connectivity index (χ3v) is 2.62. The average Bonchev–Trinajstić information content (AvgIpc) is 2.44. The highest BCUT2D eigenvalue weighted by Gasteiger charge is 2.11. The minimum Gasteiger partial charge on any atom is -0.368 e. The zero-order valence-corrected chi connectivity index (χ0v) is 8.66. The molecular formula is C11H17N3. The molecule has 2 aliphatic heterocycles. The second-order valence-corrected chi connectivity index (χ2v) is 3.71. The quantitative estimate of drug-likeness (QED) is 0.673. The van der Waals surface area contributed by atoms with Crippen molar-refractivity contribution in [3.8, 4) is 0 Å². The van der Waals surface area contributed by atoms with Gasteiger partial charge < -0.3 is 10.2 Å². The summed E-state index contributed by atoms with van der Waals surface area (Å²) < 4.78 is 0. The standard InChI is InChI=1S/C11H17N3/c1-10-3-2-4-11(9-13-10)14-7-5-12-6-8-14/h3-4,9,12H,2,5-8H2,1H3. The molecule has 1 N–H and O–H groups in total. The van der Waals surface area contributed by atoms with Crippen LogP contribution in [0.25, 0.3) is 0 Å². The predicted octanol–water partition coefficient (Wildman–Crippen LogP) is 1.15. The highest BCUT2D eigenvalue weighted by Crippen LogP contribution is 2.10. The third kappa shape index (κ3) is 2.23. The minimum atomic E-state index is 1.01. The van der Waals surface area contributed by atoms with Crippen LogP contribution >= 0.6 is 0 Å². The van der Waals surface area contributed by atoms with Gasteiger partial charge in [-0.15, -0.1) is 0 Å². The normalized spacial score (nSPS) is 22.8. The lowest BCUT2D eigenvalue weighted by atomic mass is 10.2. The fourth-order valence-corrected chi connectivity index (χ4v) is 1.76. The first-order valence-electron chi connectivity index (χ1n) is 5.23. The van der Waals surface area contributed by atoms with Crippen molar-refractivity contribution in [1.82, 2.24) is 10.2 Å². The molecule has 0 bridgehead atoms. The Kier molecular flexibility index (Phi) is 2.99. The van der Waals surface area contributed by atoms with E-state index in [2.05, 4.69) is 27.4 Å². The molecule has 3 nitrogen and oxygen atoms in total. The zero-order chi connectivity index (χ0) is 9.80. The van der Waals surface area contributed by atoms with Crippen LogP contribution in [-0.2, 0) is 0 Å². The summed E-state index contributed by atoms with van der Waals surface area (Å²) in [5.41, 5.74) is 2.39. The molecule has 0 amide bonds. The smallest absolute Gasteiger partial charge is 0.0515 e. The van der Waals surface area contributed by atoms with Crippen LogP contribution in [0.4, 0.5) is 0 Å². The van der Waals surface area contributed by atoms with Crippen LogP contribution in [-0.4, -0.2) is 37.3 Å². The maximum absolute atomic E-state index is 4.39. The minimum absolute atomic E-state index is 1.01. The van der Waals surface area contributed by atoms with Gasteiger partial charge in [0.15, 0.2) is 0 Å². The summed E-state index contributed by atoms with van der Waals surface area (Å²) in [6.07, 6.45) is 7.41. The number of piperazine rings is 1. The van der Waals surface area contributed by atoms with Gasteiger partial charge in [0.05, 0.1) is 11.9 Å². The van der Waals surface area contributed by atoms with E-state index in [9.17, 15) is 0 Å². The van der Waals surface area contributed by atoms with Gasteiger partial charge in [-0.25, -0.2) is 0 Å². The number of allylic oxidation sites excluding steroid dienone is 4. The molecule has 2 heterocycles. The van der Waals surface area contributed by atoms with E-state index in [1.54, 1.807) is 0 Å². The molecule has 0 spiro atoms. The Morgan fingerprint density at radius 3 is 2.86 bits per heavy atom. The fraction of sp³-hybridized carbons (Fsp3) is 0.545. The van der Waals surface area contributed by atoms with Crippen molar-refractivity contribution in [2.45, 2.75) is 13.3 Å². The molecular weight excluding hydrogens is 174 g/mol. The molecule has 0 aromatic heterocycles. The molecule has 2 rings (SSSR count). The van der Waals surface area contributed by atoms with Crippen molar-refractivity contribution in [3.05, 3.63) is 23.5 Å². The van der Waals surface area contributed by atoms with E-state index in [1.165, 1.54) is 5.70 Å². The van der Waals surface area contributed by atoms with Crippen LogP contribution in [0.2, 0.25) is 0 Å². The molecule has 0 unspecified atom stereocenters. The van der Waals surface area contributed by atoms with Crippen LogP contribution in [0, 0.1) is 0 Å².